The van der Waals surface area contributed by atoms with Crippen molar-refractivity contribution in [3.63, 3.8) is 0 Å². The van der Waals surface area contributed by atoms with Crippen LogP contribution in [0.1, 0.15) is 41.0 Å². The summed E-state index contributed by atoms with van der Waals surface area (Å²) in [5, 5.41) is 2.88. The van der Waals surface area contributed by atoms with E-state index < -0.39 is 0 Å². The van der Waals surface area contributed by atoms with Crippen molar-refractivity contribution in [2.75, 3.05) is 38.2 Å². The van der Waals surface area contributed by atoms with Gasteiger partial charge in [0.05, 0.1) is 25.4 Å². The molecule has 0 aliphatic carbocycles. The maximum absolute atomic E-state index is 12.7. The molecule has 0 bridgehead atoms. The average Bonchev–Trinajstić information content (AvgIpc) is 2.74. The van der Waals surface area contributed by atoms with E-state index >= 15 is 0 Å². The van der Waals surface area contributed by atoms with Gasteiger partial charge in [0.2, 0.25) is 0 Å². The summed E-state index contributed by atoms with van der Waals surface area (Å²) >= 11 is 0. The highest BCUT2D eigenvalue weighted by Gasteiger charge is 2.18. The van der Waals surface area contributed by atoms with Crippen molar-refractivity contribution in [1.82, 2.24) is 4.90 Å². The molecule has 2 aromatic carbocycles. The van der Waals surface area contributed by atoms with Gasteiger partial charge in [-0.05, 0) is 48.7 Å². The molecule has 6 nitrogen and oxygen atoms in total. The predicted molar refractivity (Wildman–Crippen MR) is 113 cm³/mol. The fourth-order valence-electron chi connectivity index (χ4n) is 3.03. The monoisotopic (exact) mass is 396 g/mol. The second-order valence-electron chi connectivity index (χ2n) is 7.46. The van der Waals surface area contributed by atoms with E-state index in [0.717, 1.165) is 6.42 Å². The summed E-state index contributed by atoms with van der Waals surface area (Å²) in [5.41, 5.74) is 1.72. The van der Waals surface area contributed by atoms with Gasteiger partial charge in [0.25, 0.3) is 11.8 Å². The second kappa shape index (κ2) is 10.1. The van der Waals surface area contributed by atoms with Gasteiger partial charge in [-0.3, -0.25) is 9.59 Å². The highest BCUT2D eigenvalue weighted by Crippen LogP contribution is 2.21. The predicted octanol–water partition coefficient (Wildman–Crippen LogP) is 3.84. The van der Waals surface area contributed by atoms with Crippen molar-refractivity contribution in [3.8, 4) is 5.75 Å². The van der Waals surface area contributed by atoms with Crippen LogP contribution < -0.4 is 10.1 Å². The van der Waals surface area contributed by atoms with Gasteiger partial charge in [0.15, 0.2) is 0 Å². The number of para-hydroxylation sites is 1. The molecule has 0 unspecified atom stereocenters. The summed E-state index contributed by atoms with van der Waals surface area (Å²) in [6.07, 6.45) is 0.925. The number of ether oxygens (including phenoxy) is 2. The second-order valence-corrected chi connectivity index (χ2v) is 7.46. The Kier molecular flexibility index (Phi) is 7.25. The van der Waals surface area contributed by atoms with Crippen LogP contribution in [0, 0.1) is 5.92 Å². The van der Waals surface area contributed by atoms with Crippen LogP contribution in [-0.4, -0.2) is 49.6 Å². The number of nitrogens with one attached hydrogen (secondary N) is 1. The molecule has 1 N–H and O–H groups in total. The van der Waals surface area contributed by atoms with Gasteiger partial charge in [0, 0.05) is 24.3 Å². The lowest BCUT2D eigenvalue weighted by Crippen LogP contribution is -2.40. The van der Waals surface area contributed by atoms with Gasteiger partial charge in [-0.15, -0.1) is 0 Å². The molecule has 0 atom stereocenters. The van der Waals surface area contributed by atoms with E-state index in [4.69, 9.17) is 9.47 Å². The van der Waals surface area contributed by atoms with Crippen LogP contribution >= 0.6 is 0 Å². The van der Waals surface area contributed by atoms with Crippen LogP contribution in [0.15, 0.2) is 48.5 Å². The number of amides is 2. The zero-order chi connectivity index (χ0) is 20.6. The average molecular weight is 396 g/mol. The normalized spacial score (nSPS) is 14.0. The summed E-state index contributed by atoms with van der Waals surface area (Å²) in [6, 6.07) is 14.2. The van der Waals surface area contributed by atoms with Crippen LogP contribution in [0.5, 0.6) is 5.75 Å². The van der Waals surface area contributed by atoms with Crippen LogP contribution in [0.25, 0.3) is 0 Å². The molecule has 1 fully saturated rings. The van der Waals surface area contributed by atoms with Crippen LogP contribution in [0.2, 0.25) is 0 Å². The number of anilines is 1. The van der Waals surface area contributed by atoms with E-state index in [9.17, 15) is 9.59 Å². The number of hydrogen-bond donors (Lipinski definition) is 1. The Hall–Kier alpha value is -2.86. The number of benzene rings is 2. The van der Waals surface area contributed by atoms with E-state index in [2.05, 4.69) is 19.2 Å². The Balaban J connectivity index is 1.63. The van der Waals surface area contributed by atoms with Gasteiger partial charge < -0.3 is 19.7 Å². The highest BCUT2D eigenvalue weighted by atomic mass is 16.5. The molecular formula is C23H28N2O4. The molecule has 0 aromatic heterocycles. The molecule has 0 radical (unpaired) electrons. The fourth-order valence-corrected chi connectivity index (χ4v) is 3.03. The third-order valence-corrected chi connectivity index (χ3v) is 4.77. The molecular weight excluding hydrogens is 368 g/mol. The summed E-state index contributed by atoms with van der Waals surface area (Å²) < 4.78 is 11.1. The third kappa shape index (κ3) is 5.81. The standard InChI is InChI=1S/C23H28N2O4/c1-17(2)11-14-29-21-6-4-3-5-20(21)22(26)24-19-9-7-18(8-10-19)23(27)25-12-15-28-16-13-25/h3-10,17H,11-16H2,1-2H3,(H,24,26). The first-order valence-electron chi connectivity index (χ1n) is 10.0. The van der Waals surface area contributed by atoms with Gasteiger partial charge in [-0.25, -0.2) is 0 Å². The first-order valence-corrected chi connectivity index (χ1v) is 10.0. The molecule has 1 aliphatic rings. The van der Waals surface area contributed by atoms with Crippen molar-refractivity contribution in [1.29, 1.82) is 0 Å². The first kappa shape index (κ1) is 20.9. The lowest BCUT2D eigenvalue weighted by atomic mass is 10.1. The zero-order valence-corrected chi connectivity index (χ0v) is 17.0. The smallest absolute Gasteiger partial charge is 0.259 e. The maximum atomic E-state index is 12.7. The Bertz CT molecular complexity index is 827. The summed E-state index contributed by atoms with van der Waals surface area (Å²) in [4.78, 5) is 27.0. The van der Waals surface area contributed by atoms with Gasteiger partial charge >= 0.3 is 0 Å². The number of nitrogens with zero attached hydrogens (tertiary/aromatic N) is 1. The topological polar surface area (TPSA) is 67.9 Å². The Labute approximate surface area is 171 Å². The molecule has 1 saturated heterocycles. The van der Waals surface area contributed by atoms with E-state index in [1.54, 1.807) is 41.3 Å². The summed E-state index contributed by atoms with van der Waals surface area (Å²) in [5.74, 6) is 0.854. The Morgan fingerprint density at radius 2 is 1.76 bits per heavy atom. The van der Waals surface area contributed by atoms with Crippen LogP contribution in [0.3, 0.4) is 0 Å². The number of morpholine rings is 1. The van der Waals surface area contributed by atoms with E-state index in [1.165, 1.54) is 0 Å². The Morgan fingerprint density at radius 3 is 2.45 bits per heavy atom. The Morgan fingerprint density at radius 1 is 1.07 bits per heavy atom. The molecule has 0 saturated carbocycles. The summed E-state index contributed by atoms with van der Waals surface area (Å²) in [7, 11) is 0. The minimum atomic E-state index is -0.239. The molecule has 6 heteroatoms. The highest BCUT2D eigenvalue weighted by molar-refractivity contribution is 6.06. The molecule has 154 valence electrons. The quantitative estimate of drug-likeness (QED) is 0.772. The minimum Gasteiger partial charge on any atom is -0.493 e. The molecule has 1 aliphatic heterocycles. The fraction of sp³-hybridized carbons (Fsp3) is 0.391. The van der Waals surface area contributed by atoms with E-state index in [1.807, 2.05) is 12.1 Å². The van der Waals surface area contributed by atoms with Crippen molar-refractivity contribution in [2.24, 2.45) is 5.92 Å². The SMILES string of the molecule is CC(C)CCOc1ccccc1C(=O)Nc1ccc(C(=O)N2CCOCC2)cc1. The van der Waals surface area contributed by atoms with Crippen molar-refractivity contribution >= 4 is 17.5 Å². The molecule has 0 spiro atoms. The zero-order valence-electron chi connectivity index (χ0n) is 17.0. The molecule has 29 heavy (non-hydrogen) atoms. The molecule has 3 rings (SSSR count). The van der Waals surface area contributed by atoms with Crippen molar-refractivity contribution < 1.29 is 19.1 Å². The van der Waals surface area contributed by atoms with Gasteiger partial charge in [-0.1, -0.05) is 26.0 Å². The maximum Gasteiger partial charge on any atom is 0.259 e. The number of carbonyl (C=O) groups is 2. The van der Waals surface area contributed by atoms with E-state index in [-0.39, 0.29) is 11.8 Å². The third-order valence-electron chi connectivity index (χ3n) is 4.77. The lowest BCUT2D eigenvalue weighted by Gasteiger charge is -2.26. The van der Waals surface area contributed by atoms with Gasteiger partial charge in [0.1, 0.15) is 5.75 Å². The first-order chi connectivity index (χ1) is 14.0. The molecule has 2 aromatic rings. The van der Waals surface area contributed by atoms with E-state index in [0.29, 0.717) is 61.4 Å². The van der Waals surface area contributed by atoms with Crippen molar-refractivity contribution in [2.45, 2.75) is 20.3 Å². The molecule has 1 heterocycles. The van der Waals surface area contributed by atoms with Crippen LogP contribution in [0.4, 0.5) is 5.69 Å². The number of rotatable bonds is 7. The van der Waals surface area contributed by atoms with Crippen molar-refractivity contribution in [3.05, 3.63) is 59.7 Å². The minimum absolute atomic E-state index is 0.0184. The number of carbonyl (C=O) groups excluding carboxylic acids is 2. The van der Waals surface area contributed by atoms with Crippen LogP contribution in [-0.2, 0) is 4.74 Å². The van der Waals surface area contributed by atoms with Gasteiger partial charge in [-0.2, -0.15) is 0 Å². The number of hydrogen-bond acceptors (Lipinski definition) is 4. The summed E-state index contributed by atoms with van der Waals surface area (Å²) in [6.45, 7) is 7.18. The molecule has 2 amide bonds. The lowest BCUT2D eigenvalue weighted by molar-refractivity contribution is 0.0303. The largest absolute Gasteiger partial charge is 0.493 e.